The average Bonchev–Trinajstić information content (AvgIpc) is 2.35. The first kappa shape index (κ1) is 12.4. The van der Waals surface area contributed by atoms with E-state index in [1.165, 1.54) is 6.07 Å². The van der Waals surface area contributed by atoms with Crippen molar-refractivity contribution in [1.29, 1.82) is 0 Å². The number of aliphatic hydroxyl groups excluding tert-OH is 1. The summed E-state index contributed by atoms with van der Waals surface area (Å²) >= 11 is 5.74. The van der Waals surface area contributed by atoms with Crippen molar-refractivity contribution in [3.05, 3.63) is 23.0 Å². The number of ether oxygens (including phenoxy) is 1. The van der Waals surface area contributed by atoms with Gasteiger partial charge in [-0.15, -0.1) is 0 Å². The minimum absolute atomic E-state index is 0.0428. The predicted octanol–water partition coefficient (Wildman–Crippen LogP) is 1.26. The van der Waals surface area contributed by atoms with Gasteiger partial charge in [-0.1, -0.05) is 11.6 Å². The number of nitrogen functional groups attached to an aromatic ring is 1. The molecule has 6 heteroatoms. The molecule has 1 fully saturated rings. The lowest BCUT2D eigenvalue weighted by Crippen LogP contribution is -2.44. The van der Waals surface area contributed by atoms with Crippen molar-refractivity contribution in [2.45, 2.75) is 6.10 Å². The minimum atomic E-state index is -0.523. The summed E-state index contributed by atoms with van der Waals surface area (Å²) in [6.45, 7) is 1.26. The predicted molar refractivity (Wildman–Crippen MR) is 64.9 cm³/mol. The SMILES string of the molecule is Nc1ccc(Cl)c(F)c1N1CCOC(CO)C1. The van der Waals surface area contributed by atoms with E-state index in [2.05, 4.69) is 0 Å². The van der Waals surface area contributed by atoms with E-state index < -0.39 is 5.82 Å². The highest BCUT2D eigenvalue weighted by Gasteiger charge is 2.24. The Morgan fingerprint density at radius 2 is 2.35 bits per heavy atom. The van der Waals surface area contributed by atoms with Crippen molar-refractivity contribution in [1.82, 2.24) is 0 Å². The molecule has 1 atom stereocenters. The Balaban J connectivity index is 2.30. The van der Waals surface area contributed by atoms with Gasteiger partial charge < -0.3 is 20.5 Å². The second kappa shape index (κ2) is 5.08. The zero-order valence-corrected chi connectivity index (χ0v) is 9.95. The van der Waals surface area contributed by atoms with Crippen LogP contribution in [0.5, 0.6) is 0 Å². The van der Waals surface area contributed by atoms with Crippen LogP contribution in [0.15, 0.2) is 12.1 Å². The van der Waals surface area contributed by atoms with Crippen molar-refractivity contribution in [2.24, 2.45) is 0 Å². The number of aliphatic hydroxyl groups is 1. The Kier molecular flexibility index (Phi) is 3.71. The molecule has 1 aromatic carbocycles. The van der Waals surface area contributed by atoms with Crippen LogP contribution in [0.2, 0.25) is 5.02 Å². The Labute approximate surface area is 104 Å². The van der Waals surface area contributed by atoms with Crippen molar-refractivity contribution < 1.29 is 14.2 Å². The Hall–Kier alpha value is -1.04. The number of hydrogen-bond acceptors (Lipinski definition) is 4. The van der Waals surface area contributed by atoms with Gasteiger partial charge in [0.25, 0.3) is 0 Å². The van der Waals surface area contributed by atoms with Crippen LogP contribution >= 0.6 is 11.6 Å². The highest BCUT2D eigenvalue weighted by atomic mass is 35.5. The summed E-state index contributed by atoms with van der Waals surface area (Å²) in [6.07, 6.45) is -0.318. The van der Waals surface area contributed by atoms with Crippen molar-refractivity contribution in [3.8, 4) is 0 Å². The first-order valence-corrected chi connectivity index (χ1v) is 5.72. The van der Waals surface area contributed by atoms with Gasteiger partial charge in [-0.25, -0.2) is 4.39 Å². The fraction of sp³-hybridized carbons (Fsp3) is 0.455. The molecule has 4 nitrogen and oxygen atoms in total. The molecule has 3 N–H and O–H groups in total. The highest BCUT2D eigenvalue weighted by molar-refractivity contribution is 6.31. The maximum absolute atomic E-state index is 13.9. The van der Waals surface area contributed by atoms with Crippen molar-refractivity contribution >= 4 is 23.0 Å². The summed E-state index contributed by atoms with van der Waals surface area (Å²) < 4.78 is 19.2. The smallest absolute Gasteiger partial charge is 0.167 e. The van der Waals surface area contributed by atoms with E-state index in [1.54, 1.807) is 11.0 Å². The number of nitrogens with two attached hydrogens (primary N) is 1. The van der Waals surface area contributed by atoms with Crippen LogP contribution in [0.1, 0.15) is 0 Å². The van der Waals surface area contributed by atoms with Crippen LogP contribution in [0, 0.1) is 5.82 Å². The number of benzene rings is 1. The fourth-order valence-corrected chi connectivity index (χ4v) is 2.06. The molecule has 0 aromatic heterocycles. The molecule has 0 bridgehead atoms. The molecule has 1 unspecified atom stereocenters. The van der Waals surface area contributed by atoms with Crippen molar-refractivity contribution in [2.75, 3.05) is 36.9 Å². The van der Waals surface area contributed by atoms with Crippen LogP contribution in [0.3, 0.4) is 0 Å². The summed E-state index contributed by atoms with van der Waals surface area (Å²) in [5, 5.41) is 9.09. The summed E-state index contributed by atoms with van der Waals surface area (Å²) in [5.74, 6) is -0.523. The molecule has 1 aliphatic rings. The second-order valence-electron chi connectivity index (χ2n) is 3.92. The van der Waals surface area contributed by atoms with Gasteiger partial charge in [0.2, 0.25) is 0 Å². The monoisotopic (exact) mass is 260 g/mol. The molecule has 17 heavy (non-hydrogen) atoms. The molecule has 1 saturated heterocycles. The first-order chi connectivity index (χ1) is 8.13. The third kappa shape index (κ3) is 2.46. The molecule has 1 heterocycles. The van der Waals surface area contributed by atoms with Gasteiger partial charge in [0.15, 0.2) is 5.82 Å². The Morgan fingerprint density at radius 1 is 1.59 bits per heavy atom. The van der Waals surface area contributed by atoms with Gasteiger partial charge in [0.05, 0.1) is 35.7 Å². The van der Waals surface area contributed by atoms with Crippen LogP contribution in [-0.4, -0.2) is 37.5 Å². The van der Waals surface area contributed by atoms with Crippen LogP contribution in [0.4, 0.5) is 15.8 Å². The molecule has 0 spiro atoms. The van der Waals surface area contributed by atoms with E-state index in [0.29, 0.717) is 31.1 Å². The summed E-state index contributed by atoms with van der Waals surface area (Å²) in [5.41, 5.74) is 6.39. The van der Waals surface area contributed by atoms with Gasteiger partial charge in [-0.3, -0.25) is 0 Å². The van der Waals surface area contributed by atoms with Crippen LogP contribution < -0.4 is 10.6 Å². The number of halogens is 2. The van der Waals surface area contributed by atoms with E-state index in [-0.39, 0.29) is 17.7 Å². The molecule has 0 saturated carbocycles. The summed E-state index contributed by atoms with van der Waals surface area (Å²) in [7, 11) is 0. The zero-order valence-electron chi connectivity index (χ0n) is 9.20. The van der Waals surface area contributed by atoms with E-state index in [1.807, 2.05) is 0 Å². The zero-order chi connectivity index (χ0) is 12.4. The van der Waals surface area contributed by atoms with E-state index in [0.717, 1.165) is 0 Å². The van der Waals surface area contributed by atoms with E-state index in [9.17, 15) is 4.39 Å². The number of morpholine rings is 1. The van der Waals surface area contributed by atoms with Gasteiger partial charge in [-0.2, -0.15) is 0 Å². The molecule has 94 valence electrons. The third-order valence-corrected chi connectivity index (χ3v) is 3.05. The highest BCUT2D eigenvalue weighted by Crippen LogP contribution is 2.32. The molecule has 0 amide bonds. The molecular weight excluding hydrogens is 247 g/mol. The normalized spacial score (nSPS) is 20.6. The minimum Gasteiger partial charge on any atom is -0.397 e. The topological polar surface area (TPSA) is 58.7 Å². The maximum atomic E-state index is 13.9. The lowest BCUT2D eigenvalue weighted by Gasteiger charge is -2.34. The number of nitrogens with zero attached hydrogens (tertiary/aromatic N) is 1. The average molecular weight is 261 g/mol. The maximum Gasteiger partial charge on any atom is 0.167 e. The van der Waals surface area contributed by atoms with Gasteiger partial charge >= 0.3 is 0 Å². The number of hydrogen-bond donors (Lipinski definition) is 2. The van der Waals surface area contributed by atoms with E-state index >= 15 is 0 Å². The number of rotatable bonds is 2. The molecular formula is C11H14ClFN2O2. The van der Waals surface area contributed by atoms with Gasteiger partial charge in [0, 0.05) is 13.1 Å². The van der Waals surface area contributed by atoms with Crippen LogP contribution in [-0.2, 0) is 4.74 Å². The van der Waals surface area contributed by atoms with Gasteiger partial charge in [0.1, 0.15) is 0 Å². The second-order valence-corrected chi connectivity index (χ2v) is 4.33. The molecule has 0 aliphatic carbocycles. The summed E-state index contributed by atoms with van der Waals surface area (Å²) in [4.78, 5) is 1.75. The van der Waals surface area contributed by atoms with Crippen LogP contribution in [0.25, 0.3) is 0 Å². The van der Waals surface area contributed by atoms with E-state index in [4.69, 9.17) is 27.2 Å². The lowest BCUT2D eigenvalue weighted by atomic mass is 10.2. The Morgan fingerprint density at radius 3 is 3.06 bits per heavy atom. The summed E-state index contributed by atoms with van der Waals surface area (Å²) in [6, 6.07) is 3.00. The number of anilines is 2. The third-order valence-electron chi connectivity index (χ3n) is 2.76. The van der Waals surface area contributed by atoms with Crippen molar-refractivity contribution in [3.63, 3.8) is 0 Å². The quantitative estimate of drug-likeness (QED) is 0.786. The van der Waals surface area contributed by atoms with Gasteiger partial charge in [-0.05, 0) is 12.1 Å². The molecule has 0 radical (unpaired) electrons. The molecule has 2 rings (SSSR count). The molecule has 1 aliphatic heterocycles. The Bertz CT molecular complexity index is 417. The molecule has 1 aromatic rings. The lowest BCUT2D eigenvalue weighted by molar-refractivity contribution is 0.00345. The first-order valence-electron chi connectivity index (χ1n) is 5.34. The fourth-order valence-electron chi connectivity index (χ4n) is 1.91. The standard InChI is InChI=1S/C11H14ClFN2O2/c12-8-1-2-9(14)11(10(8)13)15-3-4-17-7(5-15)6-16/h1-2,7,16H,3-6,14H2. The largest absolute Gasteiger partial charge is 0.397 e.